The van der Waals surface area contributed by atoms with Crippen molar-refractivity contribution in [1.82, 2.24) is 5.32 Å². The van der Waals surface area contributed by atoms with Crippen LogP contribution < -0.4 is 5.32 Å². The predicted octanol–water partition coefficient (Wildman–Crippen LogP) is 0.587. The van der Waals surface area contributed by atoms with Crippen LogP contribution in [0.1, 0.15) is 20.8 Å². The Balaban J connectivity index is 3.77. The highest BCUT2D eigenvalue weighted by Gasteiger charge is 2.16. The van der Waals surface area contributed by atoms with Gasteiger partial charge in [0.25, 0.3) is 10.1 Å². The number of ether oxygens (including phenoxy) is 2. The van der Waals surface area contributed by atoms with Gasteiger partial charge in [-0.2, -0.15) is 8.42 Å². The molecule has 0 rings (SSSR count). The summed E-state index contributed by atoms with van der Waals surface area (Å²) in [5.74, 6) is -0.644. The summed E-state index contributed by atoms with van der Waals surface area (Å²) in [6, 6.07) is 0. The molecule has 0 saturated heterocycles. The Morgan fingerprint density at radius 2 is 1.71 bits per heavy atom. The number of rotatable bonds is 7. The molecule has 0 aromatic rings. The van der Waals surface area contributed by atoms with Crippen molar-refractivity contribution in [3.63, 3.8) is 0 Å². The molecule has 0 saturated carbocycles. The second-order valence-corrected chi connectivity index (χ2v) is 6.64. The van der Waals surface area contributed by atoms with E-state index in [9.17, 15) is 18.0 Å². The highest BCUT2D eigenvalue weighted by Crippen LogP contribution is 2.06. The largest absolute Gasteiger partial charge is 0.460 e. The first-order valence-corrected chi connectivity index (χ1v) is 7.93. The third kappa shape index (κ3) is 14.6. The average molecular weight is 323 g/mol. The lowest BCUT2D eigenvalue weighted by Crippen LogP contribution is -2.36. The molecule has 0 heterocycles. The molecule has 0 unspecified atom stereocenters. The number of carbonyl (C=O) groups excluding carboxylic acids is 2. The molecular weight excluding hydrogens is 302 g/mol. The fourth-order valence-corrected chi connectivity index (χ4v) is 1.28. The van der Waals surface area contributed by atoms with E-state index in [2.05, 4.69) is 9.50 Å². The lowest BCUT2D eigenvalue weighted by atomic mass is 10.2. The minimum absolute atomic E-state index is 0.0536. The van der Waals surface area contributed by atoms with Crippen LogP contribution in [0.4, 0.5) is 4.79 Å². The number of nitrogens with one attached hydrogen (secondary N) is 1. The summed E-state index contributed by atoms with van der Waals surface area (Å²) in [7, 11) is -3.48. The third-order valence-corrected chi connectivity index (χ3v) is 2.23. The molecule has 1 N–H and O–H groups in total. The molecule has 0 atom stereocenters. The van der Waals surface area contributed by atoms with Crippen molar-refractivity contribution < 1.29 is 31.7 Å². The molecule has 21 heavy (non-hydrogen) atoms. The first-order chi connectivity index (χ1) is 9.49. The van der Waals surface area contributed by atoms with Crippen LogP contribution in [-0.4, -0.2) is 52.1 Å². The molecule has 0 radical (unpaired) electrons. The number of hydrogen-bond donors (Lipinski definition) is 1. The van der Waals surface area contributed by atoms with Crippen LogP contribution in [0.25, 0.3) is 0 Å². The summed E-state index contributed by atoms with van der Waals surface area (Å²) < 4.78 is 35.4. The van der Waals surface area contributed by atoms with Crippen molar-refractivity contribution in [1.29, 1.82) is 0 Å². The Kier molecular flexibility index (Phi) is 7.97. The third-order valence-electron chi connectivity index (χ3n) is 1.66. The van der Waals surface area contributed by atoms with E-state index >= 15 is 0 Å². The van der Waals surface area contributed by atoms with Crippen LogP contribution in [0.3, 0.4) is 0 Å². The van der Waals surface area contributed by atoms with Crippen LogP contribution in [0.15, 0.2) is 12.2 Å². The maximum atomic E-state index is 11.3. The standard InChI is InChI=1S/C12H21NO7S/c1-12(2,3)20-11(15)13-9-10(14)18-7-5-6-8-19-21(4,16)17/h5-6H,7-9H2,1-4H3,(H,13,15)/b6-5-. The first kappa shape index (κ1) is 19.4. The maximum Gasteiger partial charge on any atom is 0.408 e. The molecule has 0 aromatic carbocycles. The number of alkyl carbamates (subject to hydrolysis) is 1. The molecule has 122 valence electrons. The van der Waals surface area contributed by atoms with Gasteiger partial charge in [0, 0.05) is 0 Å². The molecule has 0 aliphatic rings. The number of amides is 1. The van der Waals surface area contributed by atoms with Gasteiger partial charge in [-0.05, 0) is 26.8 Å². The molecule has 0 aliphatic heterocycles. The lowest BCUT2D eigenvalue weighted by Gasteiger charge is -2.19. The summed E-state index contributed by atoms with van der Waals surface area (Å²) in [6.07, 6.45) is 3.05. The molecule has 0 aromatic heterocycles. The summed E-state index contributed by atoms with van der Waals surface area (Å²) in [6.45, 7) is 4.61. The Hall–Kier alpha value is -1.61. The molecule has 0 bridgehead atoms. The van der Waals surface area contributed by atoms with Gasteiger partial charge in [0.2, 0.25) is 0 Å². The van der Waals surface area contributed by atoms with Crippen molar-refractivity contribution in [3.8, 4) is 0 Å². The fraction of sp³-hybridized carbons (Fsp3) is 0.667. The van der Waals surface area contributed by atoms with Crippen molar-refractivity contribution in [3.05, 3.63) is 12.2 Å². The van der Waals surface area contributed by atoms with Gasteiger partial charge in [-0.3, -0.25) is 8.98 Å². The molecule has 0 spiro atoms. The summed E-state index contributed by atoms with van der Waals surface area (Å²) >= 11 is 0. The molecule has 8 nitrogen and oxygen atoms in total. The monoisotopic (exact) mass is 323 g/mol. The molecular formula is C12H21NO7S. The van der Waals surface area contributed by atoms with Gasteiger partial charge in [0.1, 0.15) is 18.8 Å². The summed E-state index contributed by atoms with van der Waals surface area (Å²) in [5, 5.41) is 2.25. The van der Waals surface area contributed by atoms with E-state index in [-0.39, 0.29) is 19.8 Å². The minimum Gasteiger partial charge on any atom is -0.460 e. The van der Waals surface area contributed by atoms with E-state index in [1.807, 2.05) is 0 Å². The SMILES string of the molecule is CC(C)(C)OC(=O)NCC(=O)OC/C=C\COS(C)(=O)=O. The van der Waals surface area contributed by atoms with Crippen LogP contribution >= 0.6 is 0 Å². The minimum atomic E-state index is -3.48. The number of hydrogen-bond acceptors (Lipinski definition) is 7. The van der Waals surface area contributed by atoms with Crippen LogP contribution in [0.2, 0.25) is 0 Å². The fourth-order valence-electron chi connectivity index (χ4n) is 0.950. The predicted molar refractivity (Wildman–Crippen MR) is 75.1 cm³/mol. The molecule has 0 aliphatic carbocycles. The Morgan fingerprint density at radius 3 is 2.24 bits per heavy atom. The van der Waals surface area contributed by atoms with E-state index in [0.29, 0.717) is 0 Å². The van der Waals surface area contributed by atoms with Crippen LogP contribution in [-0.2, 0) is 28.6 Å². The van der Waals surface area contributed by atoms with Gasteiger partial charge >= 0.3 is 12.1 Å². The van der Waals surface area contributed by atoms with Crippen LogP contribution in [0.5, 0.6) is 0 Å². The van der Waals surface area contributed by atoms with Gasteiger partial charge in [0.05, 0.1) is 12.9 Å². The maximum absolute atomic E-state index is 11.3. The van der Waals surface area contributed by atoms with Crippen LogP contribution in [0, 0.1) is 0 Å². The zero-order valence-corrected chi connectivity index (χ0v) is 13.4. The smallest absolute Gasteiger partial charge is 0.408 e. The average Bonchev–Trinajstić information content (AvgIpc) is 2.27. The van der Waals surface area contributed by atoms with Crippen molar-refractivity contribution in [2.24, 2.45) is 0 Å². The van der Waals surface area contributed by atoms with E-state index in [4.69, 9.17) is 9.47 Å². The summed E-state index contributed by atoms with van der Waals surface area (Å²) in [5.41, 5.74) is -0.643. The van der Waals surface area contributed by atoms with Gasteiger partial charge < -0.3 is 14.8 Å². The van der Waals surface area contributed by atoms with Crippen molar-refractivity contribution in [2.45, 2.75) is 26.4 Å². The number of carbonyl (C=O) groups is 2. The zero-order chi connectivity index (χ0) is 16.5. The van der Waals surface area contributed by atoms with Gasteiger partial charge in [0.15, 0.2) is 0 Å². The Morgan fingerprint density at radius 1 is 1.14 bits per heavy atom. The highest BCUT2D eigenvalue weighted by molar-refractivity contribution is 7.85. The molecule has 1 amide bonds. The highest BCUT2D eigenvalue weighted by atomic mass is 32.2. The number of esters is 1. The van der Waals surface area contributed by atoms with Crippen molar-refractivity contribution in [2.75, 3.05) is 26.0 Å². The first-order valence-electron chi connectivity index (χ1n) is 6.11. The van der Waals surface area contributed by atoms with E-state index in [1.165, 1.54) is 12.2 Å². The van der Waals surface area contributed by atoms with Gasteiger partial charge in [-0.15, -0.1) is 0 Å². The summed E-state index contributed by atoms with van der Waals surface area (Å²) in [4.78, 5) is 22.5. The van der Waals surface area contributed by atoms with E-state index in [1.54, 1.807) is 20.8 Å². The Bertz CT molecular complexity index is 476. The lowest BCUT2D eigenvalue weighted by molar-refractivity contribution is -0.141. The molecule has 9 heteroatoms. The Labute approximate surface area is 124 Å². The van der Waals surface area contributed by atoms with Gasteiger partial charge in [-0.1, -0.05) is 6.08 Å². The zero-order valence-electron chi connectivity index (χ0n) is 12.5. The normalized spacial score (nSPS) is 12.2. The topological polar surface area (TPSA) is 108 Å². The second-order valence-electron chi connectivity index (χ2n) is 5.00. The quantitative estimate of drug-likeness (QED) is 0.415. The molecule has 0 fully saturated rings. The van der Waals surface area contributed by atoms with Crippen molar-refractivity contribution >= 4 is 22.2 Å². The van der Waals surface area contributed by atoms with E-state index < -0.39 is 27.8 Å². The van der Waals surface area contributed by atoms with Gasteiger partial charge in [-0.25, -0.2) is 4.79 Å². The van der Waals surface area contributed by atoms with E-state index in [0.717, 1.165) is 6.26 Å². The second kappa shape index (κ2) is 8.63.